The molecule has 0 unspecified atom stereocenters. The number of methoxy groups -OCH3 is 3. The quantitative estimate of drug-likeness (QED) is 0.692. The van der Waals surface area contributed by atoms with E-state index in [1.165, 1.54) is 21.3 Å². The van der Waals surface area contributed by atoms with Gasteiger partial charge in [-0.3, -0.25) is 9.59 Å². The lowest BCUT2D eigenvalue weighted by Crippen LogP contribution is -2.31. The number of fused-ring (bicyclic) bond motifs is 1. The van der Waals surface area contributed by atoms with Gasteiger partial charge < -0.3 is 33.5 Å². The van der Waals surface area contributed by atoms with Crippen LogP contribution in [0.5, 0.6) is 23.0 Å². The Bertz CT molecular complexity index is 1000. The fourth-order valence-corrected chi connectivity index (χ4v) is 4.08. The van der Waals surface area contributed by atoms with Crippen molar-refractivity contribution < 1.29 is 43.1 Å². The molecule has 1 fully saturated rings. The summed E-state index contributed by atoms with van der Waals surface area (Å²) in [6.07, 6.45) is -1.78. The molecule has 0 saturated carbocycles. The van der Waals surface area contributed by atoms with E-state index in [0.717, 1.165) is 0 Å². The Balaban J connectivity index is 1.78. The minimum Gasteiger partial charge on any atom is -0.493 e. The van der Waals surface area contributed by atoms with Crippen molar-refractivity contribution in [2.24, 2.45) is 11.8 Å². The van der Waals surface area contributed by atoms with Crippen molar-refractivity contribution in [1.82, 2.24) is 0 Å². The highest BCUT2D eigenvalue weighted by atomic mass is 16.7. The van der Waals surface area contributed by atoms with Crippen molar-refractivity contribution in [2.45, 2.75) is 12.2 Å². The number of rotatable bonds is 6. The highest BCUT2D eigenvalue weighted by Gasteiger charge is 2.54. The van der Waals surface area contributed by atoms with Crippen LogP contribution in [0, 0.1) is 11.8 Å². The van der Waals surface area contributed by atoms with Crippen LogP contribution < -0.4 is 18.9 Å². The molecule has 0 aliphatic carbocycles. The summed E-state index contributed by atoms with van der Waals surface area (Å²) in [4.78, 5) is 25.0. The van der Waals surface area contributed by atoms with Crippen LogP contribution >= 0.6 is 0 Å². The molecule has 2 aromatic rings. The Morgan fingerprint density at radius 2 is 1.52 bits per heavy atom. The molecule has 2 aromatic carbocycles. The molecule has 0 bridgehead atoms. The van der Waals surface area contributed by atoms with E-state index < -0.39 is 36.0 Å². The SMILES string of the molecule is COC(=O)[C@H]1[C@H](C(=O)O)[C@@H](c2ccc(OC)c(OC)c2)O[C@H]1c1ccc2c(c1)OCO2. The molecule has 9 heteroatoms. The fraction of sp³-hybridized carbons (Fsp3) is 0.364. The Kier molecular flexibility index (Phi) is 5.60. The van der Waals surface area contributed by atoms with Gasteiger partial charge >= 0.3 is 11.9 Å². The maximum Gasteiger partial charge on any atom is 0.312 e. The van der Waals surface area contributed by atoms with Gasteiger partial charge in [0.15, 0.2) is 23.0 Å². The molecule has 2 aliphatic rings. The van der Waals surface area contributed by atoms with E-state index in [4.69, 9.17) is 28.4 Å². The predicted octanol–water partition coefficient (Wildman–Crippen LogP) is 2.74. The smallest absolute Gasteiger partial charge is 0.312 e. The minimum atomic E-state index is -1.18. The average molecular weight is 430 g/mol. The lowest BCUT2D eigenvalue weighted by atomic mass is 9.82. The second-order valence-electron chi connectivity index (χ2n) is 7.12. The van der Waals surface area contributed by atoms with Crippen molar-refractivity contribution in [1.29, 1.82) is 0 Å². The molecule has 0 amide bonds. The number of benzene rings is 2. The van der Waals surface area contributed by atoms with E-state index in [-0.39, 0.29) is 6.79 Å². The number of hydrogen-bond acceptors (Lipinski definition) is 8. The normalized spacial score (nSPS) is 24.0. The van der Waals surface area contributed by atoms with Crippen LogP contribution in [0.2, 0.25) is 0 Å². The van der Waals surface area contributed by atoms with Gasteiger partial charge in [0.2, 0.25) is 6.79 Å². The summed E-state index contributed by atoms with van der Waals surface area (Å²) in [6.45, 7) is 0.0940. The van der Waals surface area contributed by atoms with Gasteiger partial charge in [-0.15, -0.1) is 0 Å². The molecule has 2 heterocycles. The third kappa shape index (κ3) is 3.61. The standard InChI is InChI=1S/C22H22O9/c1-26-13-6-4-11(8-15(13)27-2)19-17(21(23)24)18(22(25)28-3)20(31-19)12-5-7-14-16(9-12)30-10-29-14/h4-9,17-20H,10H2,1-3H3,(H,23,24)/t17-,18-,19+,20-/m0/s1. The summed E-state index contributed by atoms with van der Waals surface area (Å²) in [5.74, 6) is -2.09. The average Bonchev–Trinajstić information content (AvgIpc) is 3.42. The molecule has 0 radical (unpaired) electrons. The predicted molar refractivity (Wildman–Crippen MR) is 105 cm³/mol. The minimum absolute atomic E-state index is 0.0940. The monoisotopic (exact) mass is 430 g/mol. The summed E-state index contributed by atoms with van der Waals surface area (Å²) < 4.78 is 32.5. The van der Waals surface area contributed by atoms with Gasteiger partial charge in [-0.25, -0.2) is 0 Å². The van der Waals surface area contributed by atoms with Gasteiger partial charge in [0, 0.05) is 0 Å². The molecule has 4 atom stereocenters. The summed E-state index contributed by atoms with van der Waals surface area (Å²) in [5, 5.41) is 10.0. The maximum atomic E-state index is 12.7. The number of carbonyl (C=O) groups is 2. The van der Waals surface area contributed by atoms with E-state index in [1.807, 2.05) is 0 Å². The van der Waals surface area contributed by atoms with Crippen LogP contribution in [0.1, 0.15) is 23.3 Å². The molecular weight excluding hydrogens is 408 g/mol. The molecular formula is C22H22O9. The number of carboxylic acids is 1. The van der Waals surface area contributed by atoms with E-state index in [1.54, 1.807) is 36.4 Å². The first-order chi connectivity index (χ1) is 15.0. The van der Waals surface area contributed by atoms with Crippen molar-refractivity contribution >= 4 is 11.9 Å². The largest absolute Gasteiger partial charge is 0.493 e. The Hall–Kier alpha value is -3.46. The van der Waals surface area contributed by atoms with Crippen molar-refractivity contribution in [3.8, 4) is 23.0 Å². The Labute approximate surface area is 178 Å². The van der Waals surface area contributed by atoms with Crippen LogP contribution in [-0.2, 0) is 19.1 Å². The lowest BCUT2D eigenvalue weighted by molar-refractivity contribution is -0.155. The van der Waals surface area contributed by atoms with Crippen LogP contribution in [0.4, 0.5) is 0 Å². The van der Waals surface area contributed by atoms with E-state index in [2.05, 4.69) is 0 Å². The van der Waals surface area contributed by atoms with Crippen molar-refractivity contribution in [2.75, 3.05) is 28.1 Å². The highest BCUT2D eigenvalue weighted by Crippen LogP contribution is 2.52. The zero-order chi connectivity index (χ0) is 22.1. The van der Waals surface area contributed by atoms with Gasteiger partial charge in [0.25, 0.3) is 0 Å². The molecule has 31 heavy (non-hydrogen) atoms. The number of carbonyl (C=O) groups excluding carboxylic acids is 1. The summed E-state index contributed by atoms with van der Waals surface area (Å²) in [5.41, 5.74) is 1.14. The third-order valence-electron chi connectivity index (χ3n) is 5.55. The van der Waals surface area contributed by atoms with E-state index >= 15 is 0 Å². The van der Waals surface area contributed by atoms with Crippen molar-refractivity contribution in [3.63, 3.8) is 0 Å². The van der Waals surface area contributed by atoms with Gasteiger partial charge in [0.05, 0.1) is 33.5 Å². The zero-order valence-electron chi connectivity index (χ0n) is 17.2. The van der Waals surface area contributed by atoms with Crippen LogP contribution in [0.3, 0.4) is 0 Å². The molecule has 4 rings (SSSR count). The second kappa shape index (κ2) is 8.35. The van der Waals surface area contributed by atoms with Crippen LogP contribution in [-0.4, -0.2) is 45.2 Å². The zero-order valence-corrected chi connectivity index (χ0v) is 17.2. The molecule has 1 saturated heterocycles. The summed E-state index contributed by atoms with van der Waals surface area (Å²) >= 11 is 0. The van der Waals surface area contributed by atoms with Crippen molar-refractivity contribution in [3.05, 3.63) is 47.5 Å². The first-order valence-electron chi connectivity index (χ1n) is 9.56. The van der Waals surface area contributed by atoms with Gasteiger partial charge in [-0.1, -0.05) is 12.1 Å². The van der Waals surface area contributed by atoms with Gasteiger partial charge in [0.1, 0.15) is 11.8 Å². The number of ether oxygens (including phenoxy) is 6. The molecule has 0 aromatic heterocycles. The van der Waals surface area contributed by atoms with E-state index in [9.17, 15) is 14.7 Å². The summed E-state index contributed by atoms with van der Waals surface area (Å²) in [7, 11) is 4.22. The van der Waals surface area contributed by atoms with Crippen LogP contribution in [0.15, 0.2) is 36.4 Å². The molecule has 0 spiro atoms. The number of hydrogen-bond donors (Lipinski definition) is 1. The maximum absolute atomic E-state index is 12.7. The second-order valence-corrected chi connectivity index (χ2v) is 7.12. The molecule has 9 nitrogen and oxygen atoms in total. The fourth-order valence-electron chi connectivity index (χ4n) is 4.08. The Morgan fingerprint density at radius 1 is 0.871 bits per heavy atom. The number of esters is 1. The summed E-state index contributed by atoms with van der Waals surface area (Å²) in [6, 6.07) is 10.1. The topological polar surface area (TPSA) is 110 Å². The first kappa shape index (κ1) is 20.8. The molecule has 1 N–H and O–H groups in total. The van der Waals surface area contributed by atoms with Gasteiger partial charge in [-0.2, -0.15) is 0 Å². The van der Waals surface area contributed by atoms with Gasteiger partial charge in [-0.05, 0) is 35.4 Å². The Morgan fingerprint density at radius 3 is 2.19 bits per heavy atom. The third-order valence-corrected chi connectivity index (χ3v) is 5.55. The van der Waals surface area contributed by atoms with Crippen LogP contribution in [0.25, 0.3) is 0 Å². The first-order valence-corrected chi connectivity index (χ1v) is 9.56. The number of carboxylic acid groups (broad SMARTS) is 1. The highest BCUT2D eigenvalue weighted by molar-refractivity contribution is 5.83. The lowest BCUT2D eigenvalue weighted by Gasteiger charge is -2.19. The molecule has 2 aliphatic heterocycles. The molecule has 164 valence electrons. The number of aliphatic carboxylic acids is 1. The van der Waals surface area contributed by atoms with E-state index in [0.29, 0.717) is 34.1 Å².